The first-order chi connectivity index (χ1) is 8.22. The van der Waals surface area contributed by atoms with Crippen LogP contribution >= 0.6 is 0 Å². The number of carbonyl (C=O) groups is 1. The van der Waals surface area contributed by atoms with Crippen molar-refractivity contribution in [2.75, 3.05) is 47.1 Å². The van der Waals surface area contributed by atoms with Gasteiger partial charge in [-0.2, -0.15) is 0 Å². The summed E-state index contributed by atoms with van der Waals surface area (Å²) in [5.74, 6) is 0.0320. The van der Waals surface area contributed by atoms with Gasteiger partial charge in [-0.15, -0.1) is 0 Å². The molecule has 0 spiro atoms. The van der Waals surface area contributed by atoms with E-state index in [2.05, 4.69) is 10.6 Å². The van der Waals surface area contributed by atoms with Crippen molar-refractivity contribution in [2.45, 2.75) is 19.3 Å². The number of carbonyl (C=O) groups excluding carboxylic acids is 1. The maximum atomic E-state index is 11.4. The largest absolute Gasteiger partial charge is 0.385 e. The van der Waals surface area contributed by atoms with Crippen molar-refractivity contribution < 1.29 is 14.3 Å². The summed E-state index contributed by atoms with van der Waals surface area (Å²) in [6.45, 7) is 3.24. The molecular formula is C12H24N2O3. The number of hydrogen-bond donors (Lipinski definition) is 2. The van der Waals surface area contributed by atoms with E-state index in [0.29, 0.717) is 25.1 Å². The predicted octanol–water partition coefficient (Wildman–Crippen LogP) is 0.155. The van der Waals surface area contributed by atoms with Crippen molar-refractivity contribution in [3.8, 4) is 0 Å². The number of hydrogen-bond acceptors (Lipinski definition) is 4. The fourth-order valence-electron chi connectivity index (χ4n) is 1.81. The lowest BCUT2D eigenvalue weighted by Crippen LogP contribution is -2.37. The normalized spacial score (nSPS) is 16.8. The zero-order valence-corrected chi connectivity index (χ0v) is 10.9. The Balaban J connectivity index is 2.01. The monoisotopic (exact) mass is 244 g/mol. The highest BCUT2D eigenvalue weighted by molar-refractivity contribution is 5.77. The van der Waals surface area contributed by atoms with Crippen LogP contribution in [0.3, 0.4) is 0 Å². The van der Waals surface area contributed by atoms with Crippen molar-refractivity contribution in [1.29, 1.82) is 0 Å². The van der Waals surface area contributed by atoms with Crippen molar-refractivity contribution in [2.24, 2.45) is 5.41 Å². The van der Waals surface area contributed by atoms with Crippen LogP contribution in [0.5, 0.6) is 0 Å². The average Bonchev–Trinajstić information content (AvgIpc) is 3.07. The molecular weight excluding hydrogens is 220 g/mol. The molecule has 0 aromatic carbocycles. The first-order valence-electron chi connectivity index (χ1n) is 6.18. The highest BCUT2D eigenvalue weighted by Gasteiger charge is 2.41. The van der Waals surface area contributed by atoms with E-state index < -0.39 is 0 Å². The van der Waals surface area contributed by atoms with Crippen LogP contribution in [0.25, 0.3) is 0 Å². The van der Waals surface area contributed by atoms with Crippen LogP contribution in [0, 0.1) is 5.41 Å². The van der Waals surface area contributed by atoms with Gasteiger partial charge < -0.3 is 20.1 Å². The van der Waals surface area contributed by atoms with Gasteiger partial charge in [0.05, 0.1) is 13.2 Å². The van der Waals surface area contributed by atoms with Gasteiger partial charge >= 0.3 is 0 Å². The minimum absolute atomic E-state index is 0.0320. The molecule has 1 aliphatic carbocycles. The maximum Gasteiger partial charge on any atom is 0.234 e. The molecule has 1 amide bonds. The van der Waals surface area contributed by atoms with Crippen LogP contribution in [-0.4, -0.2) is 53.0 Å². The molecule has 0 aromatic heterocycles. The highest BCUT2D eigenvalue weighted by atomic mass is 16.5. The van der Waals surface area contributed by atoms with E-state index >= 15 is 0 Å². The van der Waals surface area contributed by atoms with E-state index in [9.17, 15) is 4.79 Å². The lowest BCUT2D eigenvalue weighted by atomic mass is 10.0. The number of methoxy groups -OCH3 is 2. The SMILES string of the molecule is COCCNC(=O)CNCC1(CCOC)CC1. The zero-order valence-electron chi connectivity index (χ0n) is 10.9. The molecule has 0 saturated heterocycles. The number of ether oxygens (including phenoxy) is 2. The lowest BCUT2D eigenvalue weighted by molar-refractivity contribution is -0.120. The third-order valence-corrected chi connectivity index (χ3v) is 3.21. The van der Waals surface area contributed by atoms with E-state index in [-0.39, 0.29) is 5.91 Å². The van der Waals surface area contributed by atoms with Gasteiger partial charge in [-0.25, -0.2) is 0 Å². The summed E-state index contributed by atoms with van der Waals surface area (Å²) in [7, 11) is 3.35. The summed E-state index contributed by atoms with van der Waals surface area (Å²) in [5, 5.41) is 6.00. The molecule has 0 atom stereocenters. The summed E-state index contributed by atoms with van der Waals surface area (Å²) in [6.07, 6.45) is 3.57. The Kier molecular flexibility index (Phi) is 6.47. The molecule has 5 heteroatoms. The molecule has 100 valence electrons. The van der Waals surface area contributed by atoms with E-state index in [1.807, 2.05) is 0 Å². The van der Waals surface area contributed by atoms with E-state index in [4.69, 9.17) is 9.47 Å². The van der Waals surface area contributed by atoms with Gasteiger partial charge in [0.15, 0.2) is 0 Å². The van der Waals surface area contributed by atoms with Crippen molar-refractivity contribution in [3.05, 3.63) is 0 Å². The quantitative estimate of drug-likeness (QED) is 0.537. The molecule has 5 nitrogen and oxygen atoms in total. The first kappa shape index (κ1) is 14.4. The Morgan fingerprint density at radius 1 is 1.24 bits per heavy atom. The fraction of sp³-hybridized carbons (Fsp3) is 0.917. The third-order valence-electron chi connectivity index (χ3n) is 3.21. The van der Waals surface area contributed by atoms with Crippen molar-refractivity contribution in [3.63, 3.8) is 0 Å². The van der Waals surface area contributed by atoms with Gasteiger partial charge in [0.2, 0.25) is 5.91 Å². The lowest BCUT2D eigenvalue weighted by Gasteiger charge is -2.15. The van der Waals surface area contributed by atoms with Crippen LogP contribution in [0.15, 0.2) is 0 Å². The minimum atomic E-state index is 0.0320. The molecule has 1 aliphatic rings. The smallest absolute Gasteiger partial charge is 0.234 e. The number of rotatable bonds is 10. The second kappa shape index (κ2) is 7.63. The average molecular weight is 244 g/mol. The Hall–Kier alpha value is -0.650. The molecule has 0 bridgehead atoms. The summed E-state index contributed by atoms with van der Waals surface area (Å²) in [5.41, 5.74) is 0.392. The van der Waals surface area contributed by atoms with Crippen LogP contribution < -0.4 is 10.6 Å². The molecule has 17 heavy (non-hydrogen) atoms. The third kappa shape index (κ3) is 6.00. The van der Waals surface area contributed by atoms with Gasteiger partial charge in [-0.05, 0) is 24.7 Å². The van der Waals surface area contributed by atoms with Crippen LogP contribution in [0.2, 0.25) is 0 Å². The minimum Gasteiger partial charge on any atom is -0.385 e. The van der Waals surface area contributed by atoms with Gasteiger partial charge in [-0.3, -0.25) is 4.79 Å². The van der Waals surface area contributed by atoms with E-state index in [1.54, 1.807) is 14.2 Å². The number of amides is 1. The van der Waals surface area contributed by atoms with Crippen LogP contribution in [0.4, 0.5) is 0 Å². The van der Waals surface area contributed by atoms with E-state index in [0.717, 1.165) is 19.6 Å². The summed E-state index contributed by atoms with van der Waals surface area (Å²) in [6, 6.07) is 0. The topological polar surface area (TPSA) is 59.6 Å². The second-order valence-electron chi connectivity index (χ2n) is 4.69. The van der Waals surface area contributed by atoms with Crippen molar-refractivity contribution in [1.82, 2.24) is 10.6 Å². The molecule has 0 unspecified atom stereocenters. The second-order valence-corrected chi connectivity index (χ2v) is 4.69. The Morgan fingerprint density at radius 2 is 1.94 bits per heavy atom. The Bertz CT molecular complexity index is 230. The summed E-state index contributed by atoms with van der Waals surface area (Å²) in [4.78, 5) is 11.4. The molecule has 1 fully saturated rings. The molecule has 0 radical (unpaired) electrons. The molecule has 0 heterocycles. The fourth-order valence-corrected chi connectivity index (χ4v) is 1.81. The van der Waals surface area contributed by atoms with Crippen molar-refractivity contribution >= 4 is 5.91 Å². The molecule has 0 aliphatic heterocycles. The standard InChI is InChI=1S/C12H24N2O3/c1-16-7-5-12(3-4-12)10-13-9-11(15)14-6-8-17-2/h13H,3-10H2,1-2H3,(H,14,15). The van der Waals surface area contributed by atoms with Gasteiger partial charge in [-0.1, -0.05) is 0 Å². The summed E-state index contributed by atoms with van der Waals surface area (Å²) >= 11 is 0. The highest BCUT2D eigenvalue weighted by Crippen LogP contribution is 2.48. The molecule has 1 saturated carbocycles. The molecule has 2 N–H and O–H groups in total. The van der Waals surface area contributed by atoms with E-state index in [1.165, 1.54) is 12.8 Å². The first-order valence-corrected chi connectivity index (χ1v) is 6.18. The molecule has 1 rings (SSSR count). The Labute approximate surface area is 103 Å². The van der Waals surface area contributed by atoms with Gasteiger partial charge in [0, 0.05) is 33.9 Å². The zero-order chi connectivity index (χ0) is 12.6. The van der Waals surface area contributed by atoms with Crippen LogP contribution in [-0.2, 0) is 14.3 Å². The van der Waals surface area contributed by atoms with Crippen LogP contribution in [0.1, 0.15) is 19.3 Å². The van der Waals surface area contributed by atoms with Gasteiger partial charge in [0.1, 0.15) is 0 Å². The van der Waals surface area contributed by atoms with Gasteiger partial charge in [0.25, 0.3) is 0 Å². The molecule has 0 aromatic rings. The number of nitrogens with one attached hydrogen (secondary N) is 2. The predicted molar refractivity (Wildman–Crippen MR) is 65.9 cm³/mol. The summed E-state index contributed by atoms with van der Waals surface area (Å²) < 4.78 is 9.95. The Morgan fingerprint density at radius 3 is 2.53 bits per heavy atom. The maximum absolute atomic E-state index is 11.4.